The molecule has 0 saturated carbocycles. The fourth-order valence-corrected chi connectivity index (χ4v) is 1.34. The first-order valence-electron chi connectivity index (χ1n) is 4.79. The maximum Gasteiger partial charge on any atom is 0.234 e. The molecule has 1 aliphatic heterocycles. The van der Waals surface area contributed by atoms with Gasteiger partial charge in [0.15, 0.2) is 0 Å². The fraction of sp³-hybridized carbons (Fsp3) is 0.875. The predicted molar refractivity (Wildman–Crippen MR) is 52.7 cm³/mol. The number of nitrogens with zero attached hydrogens (tertiary/aromatic N) is 4. The van der Waals surface area contributed by atoms with Crippen LogP contribution in [0.4, 0.5) is 0 Å². The van der Waals surface area contributed by atoms with Crippen molar-refractivity contribution in [2.45, 2.75) is 19.4 Å². The van der Waals surface area contributed by atoms with Crippen molar-refractivity contribution >= 4 is 5.91 Å². The van der Waals surface area contributed by atoms with Crippen LogP contribution >= 0.6 is 0 Å². The largest absolute Gasteiger partial charge is 0.355 e. The van der Waals surface area contributed by atoms with E-state index in [4.69, 9.17) is 5.53 Å². The van der Waals surface area contributed by atoms with Gasteiger partial charge in [-0.1, -0.05) is 12.0 Å². The van der Waals surface area contributed by atoms with Crippen molar-refractivity contribution in [3.05, 3.63) is 10.4 Å². The average molecular weight is 197 g/mol. The highest BCUT2D eigenvalue weighted by Crippen LogP contribution is 2.10. The number of hydrogen-bond donors (Lipinski definition) is 1. The minimum absolute atomic E-state index is 0.0474. The third-order valence-corrected chi connectivity index (χ3v) is 2.09. The van der Waals surface area contributed by atoms with E-state index in [0.717, 1.165) is 13.0 Å². The lowest BCUT2D eigenvalue weighted by Gasteiger charge is -2.35. The van der Waals surface area contributed by atoms with E-state index in [2.05, 4.69) is 15.3 Å². The van der Waals surface area contributed by atoms with Crippen LogP contribution in [0.5, 0.6) is 0 Å². The van der Waals surface area contributed by atoms with Crippen LogP contribution in [-0.2, 0) is 4.79 Å². The number of nitrogens with one attached hydrogen (secondary N) is 1. The van der Waals surface area contributed by atoms with Gasteiger partial charge in [0, 0.05) is 24.5 Å². The number of likely N-dealkylation sites (tertiary alicyclic amines) is 1. The smallest absolute Gasteiger partial charge is 0.234 e. The molecule has 1 amide bonds. The van der Waals surface area contributed by atoms with Gasteiger partial charge in [0.1, 0.15) is 0 Å². The number of rotatable bonds is 5. The molecule has 0 aromatic carbocycles. The Balaban J connectivity index is 2.10. The summed E-state index contributed by atoms with van der Waals surface area (Å²) in [6, 6.07) is 0.0546. The molecule has 0 aliphatic carbocycles. The molecule has 1 N–H and O–H groups in total. The molecule has 0 atom stereocenters. The number of amides is 1. The normalized spacial score (nSPS) is 16.9. The van der Waals surface area contributed by atoms with Gasteiger partial charge in [-0.25, -0.2) is 0 Å². The number of azide groups is 1. The molecule has 0 spiro atoms. The minimum atomic E-state index is 0.0474. The van der Waals surface area contributed by atoms with Crippen molar-refractivity contribution in [1.82, 2.24) is 10.2 Å². The van der Waals surface area contributed by atoms with Crippen LogP contribution in [0.25, 0.3) is 10.4 Å². The lowest BCUT2D eigenvalue weighted by atomic mass is 10.1. The summed E-state index contributed by atoms with van der Waals surface area (Å²) in [6.45, 7) is 4.55. The third kappa shape index (κ3) is 3.24. The summed E-state index contributed by atoms with van der Waals surface area (Å²) < 4.78 is 0. The van der Waals surface area contributed by atoms with Gasteiger partial charge in [0.25, 0.3) is 0 Å². The summed E-state index contributed by atoms with van der Waals surface area (Å²) >= 11 is 0. The van der Waals surface area contributed by atoms with Crippen LogP contribution in [0.3, 0.4) is 0 Å². The molecular formula is C8H15N5O. The van der Waals surface area contributed by atoms with Gasteiger partial charge in [-0.15, -0.1) is 0 Å². The van der Waals surface area contributed by atoms with Crippen molar-refractivity contribution in [2.75, 3.05) is 26.2 Å². The van der Waals surface area contributed by atoms with E-state index in [1.807, 2.05) is 11.8 Å². The summed E-state index contributed by atoms with van der Waals surface area (Å²) in [6.07, 6.45) is 0.951. The highest BCUT2D eigenvalue weighted by Gasteiger charge is 2.26. The molecule has 1 heterocycles. The second kappa shape index (κ2) is 5.47. The van der Waals surface area contributed by atoms with Crippen LogP contribution in [0, 0.1) is 0 Å². The zero-order valence-corrected chi connectivity index (χ0v) is 8.31. The van der Waals surface area contributed by atoms with Crippen LogP contribution in [0.15, 0.2) is 5.11 Å². The highest BCUT2D eigenvalue weighted by molar-refractivity contribution is 5.78. The summed E-state index contributed by atoms with van der Waals surface area (Å²) in [4.78, 5) is 15.9. The Morgan fingerprint density at radius 1 is 1.71 bits per heavy atom. The van der Waals surface area contributed by atoms with E-state index in [-0.39, 0.29) is 11.9 Å². The summed E-state index contributed by atoms with van der Waals surface area (Å²) in [7, 11) is 0. The van der Waals surface area contributed by atoms with Crippen molar-refractivity contribution in [1.29, 1.82) is 0 Å². The molecule has 1 aliphatic rings. The Labute approximate surface area is 82.9 Å². The van der Waals surface area contributed by atoms with Gasteiger partial charge in [-0.05, 0) is 12.0 Å². The Morgan fingerprint density at radius 2 is 2.43 bits per heavy atom. The number of carbonyl (C=O) groups is 1. The molecule has 0 bridgehead atoms. The van der Waals surface area contributed by atoms with Gasteiger partial charge in [-0.2, -0.15) is 0 Å². The molecule has 78 valence electrons. The van der Waals surface area contributed by atoms with Gasteiger partial charge in [0.05, 0.1) is 12.6 Å². The van der Waals surface area contributed by atoms with Crippen molar-refractivity contribution in [3.8, 4) is 0 Å². The zero-order chi connectivity index (χ0) is 10.4. The molecule has 0 aromatic heterocycles. The van der Waals surface area contributed by atoms with Crippen LogP contribution in [-0.4, -0.2) is 43.0 Å². The van der Waals surface area contributed by atoms with E-state index in [9.17, 15) is 4.79 Å². The highest BCUT2D eigenvalue weighted by atomic mass is 16.2. The molecule has 1 saturated heterocycles. The summed E-state index contributed by atoms with van der Waals surface area (Å²) in [5.74, 6) is 0.0474. The summed E-state index contributed by atoms with van der Waals surface area (Å²) in [5.41, 5.74) is 8.15. The molecule has 6 nitrogen and oxygen atoms in total. The molecule has 14 heavy (non-hydrogen) atoms. The third-order valence-electron chi connectivity index (χ3n) is 2.09. The van der Waals surface area contributed by atoms with Crippen molar-refractivity contribution in [3.63, 3.8) is 0 Å². The van der Waals surface area contributed by atoms with Crippen LogP contribution in [0.1, 0.15) is 13.3 Å². The van der Waals surface area contributed by atoms with E-state index >= 15 is 0 Å². The Hall–Kier alpha value is -1.26. The van der Waals surface area contributed by atoms with Crippen LogP contribution in [0.2, 0.25) is 0 Å². The zero-order valence-electron chi connectivity index (χ0n) is 8.31. The molecule has 1 fully saturated rings. The SMILES string of the molecule is CCCNC(=O)CN1CC(N=[N+]=[N-])C1. The van der Waals surface area contributed by atoms with E-state index in [0.29, 0.717) is 19.6 Å². The Bertz CT molecular complexity index is 242. The quantitative estimate of drug-likeness (QED) is 0.395. The molecule has 0 radical (unpaired) electrons. The molecule has 0 aromatic rings. The van der Waals surface area contributed by atoms with E-state index < -0.39 is 0 Å². The van der Waals surface area contributed by atoms with Crippen molar-refractivity contribution in [2.24, 2.45) is 5.11 Å². The molecule has 0 unspecified atom stereocenters. The van der Waals surface area contributed by atoms with Gasteiger partial charge in [0.2, 0.25) is 5.91 Å². The van der Waals surface area contributed by atoms with Gasteiger partial charge in [-0.3, -0.25) is 9.69 Å². The molecular weight excluding hydrogens is 182 g/mol. The lowest BCUT2D eigenvalue weighted by Crippen LogP contribution is -2.53. The maximum absolute atomic E-state index is 11.2. The van der Waals surface area contributed by atoms with Gasteiger partial charge < -0.3 is 5.32 Å². The van der Waals surface area contributed by atoms with E-state index in [1.165, 1.54) is 0 Å². The topological polar surface area (TPSA) is 81.1 Å². The molecule has 6 heteroatoms. The number of carbonyl (C=O) groups excluding carboxylic acids is 1. The van der Waals surface area contributed by atoms with Crippen molar-refractivity contribution < 1.29 is 4.79 Å². The molecule has 1 rings (SSSR count). The first-order valence-corrected chi connectivity index (χ1v) is 4.79. The maximum atomic E-state index is 11.2. The van der Waals surface area contributed by atoms with Gasteiger partial charge >= 0.3 is 0 Å². The summed E-state index contributed by atoms with van der Waals surface area (Å²) in [5, 5.41) is 6.35. The van der Waals surface area contributed by atoms with Crippen LogP contribution < -0.4 is 5.32 Å². The fourth-order valence-electron chi connectivity index (χ4n) is 1.34. The minimum Gasteiger partial charge on any atom is -0.355 e. The Morgan fingerprint density at radius 3 is 3.00 bits per heavy atom. The standard InChI is InChI=1S/C8H15N5O/c1-2-3-10-8(14)6-13-4-7(5-13)11-12-9/h7H,2-6H2,1H3,(H,10,14). The Kier molecular flexibility index (Phi) is 4.22. The second-order valence-electron chi connectivity index (χ2n) is 3.40. The second-order valence-corrected chi connectivity index (χ2v) is 3.40. The van der Waals surface area contributed by atoms with E-state index in [1.54, 1.807) is 0 Å². The monoisotopic (exact) mass is 197 g/mol. The average Bonchev–Trinajstić information content (AvgIpc) is 2.11. The number of hydrogen-bond acceptors (Lipinski definition) is 3. The first-order chi connectivity index (χ1) is 6.76. The lowest BCUT2D eigenvalue weighted by molar-refractivity contribution is -0.123. The predicted octanol–water partition coefficient (Wildman–Crippen LogP) is 0.507. The first kappa shape index (κ1) is 10.8.